The van der Waals surface area contributed by atoms with Gasteiger partial charge in [-0.1, -0.05) is 0 Å². The molecule has 1 amide bonds. The molecule has 30 heavy (non-hydrogen) atoms. The smallest absolute Gasteiger partial charge is 0.273 e. The quantitative estimate of drug-likeness (QED) is 0.606. The molecule has 4 rings (SSSR count). The molecule has 0 saturated carbocycles. The highest BCUT2D eigenvalue weighted by molar-refractivity contribution is 7.13. The lowest BCUT2D eigenvalue weighted by Gasteiger charge is -2.34. The van der Waals surface area contributed by atoms with E-state index in [0.717, 1.165) is 30.2 Å². The third-order valence-corrected chi connectivity index (χ3v) is 6.06. The van der Waals surface area contributed by atoms with Crippen LogP contribution in [-0.2, 0) is 6.54 Å². The number of carbonyl (C=O) groups is 1. The topological polar surface area (TPSA) is 67.8 Å². The summed E-state index contributed by atoms with van der Waals surface area (Å²) in [5, 5.41) is 2.62. The maximum atomic E-state index is 12.9. The molecule has 0 radical (unpaired) electrons. The van der Waals surface area contributed by atoms with Gasteiger partial charge in [-0.25, -0.2) is 4.98 Å². The lowest BCUT2D eigenvalue weighted by molar-refractivity contribution is 0.0623. The van der Waals surface area contributed by atoms with Crippen molar-refractivity contribution in [2.24, 2.45) is 0 Å². The van der Waals surface area contributed by atoms with Gasteiger partial charge in [0.2, 0.25) is 0 Å². The van der Waals surface area contributed by atoms with Crippen molar-refractivity contribution in [3.8, 4) is 22.1 Å². The van der Waals surface area contributed by atoms with E-state index >= 15 is 0 Å². The largest absolute Gasteiger partial charge is 0.493 e. The van der Waals surface area contributed by atoms with Crippen molar-refractivity contribution in [2.75, 3.05) is 40.4 Å². The molecule has 0 bridgehead atoms. The number of thiazole rings is 1. The average molecular weight is 425 g/mol. The molecule has 0 unspecified atom stereocenters. The van der Waals surface area contributed by atoms with Crippen LogP contribution in [0.2, 0.25) is 0 Å². The molecule has 8 heteroatoms. The first-order valence-corrected chi connectivity index (χ1v) is 10.6. The van der Waals surface area contributed by atoms with Crippen molar-refractivity contribution < 1.29 is 14.3 Å². The number of ether oxygens (including phenoxy) is 2. The van der Waals surface area contributed by atoms with Gasteiger partial charge in [0.25, 0.3) is 5.91 Å². The Labute approximate surface area is 179 Å². The summed E-state index contributed by atoms with van der Waals surface area (Å²) in [6.45, 7) is 3.98. The Morgan fingerprint density at radius 3 is 2.47 bits per heavy atom. The maximum absolute atomic E-state index is 12.9. The molecule has 1 aliphatic rings. The third kappa shape index (κ3) is 4.44. The van der Waals surface area contributed by atoms with Crippen molar-refractivity contribution >= 4 is 17.2 Å². The van der Waals surface area contributed by atoms with E-state index in [0.29, 0.717) is 30.3 Å². The van der Waals surface area contributed by atoms with Gasteiger partial charge >= 0.3 is 0 Å². The molecule has 0 N–H and O–H groups in total. The predicted octanol–water partition coefficient (Wildman–Crippen LogP) is 3.18. The van der Waals surface area contributed by atoms with Crippen molar-refractivity contribution in [2.45, 2.75) is 6.54 Å². The number of amides is 1. The molecule has 156 valence electrons. The zero-order chi connectivity index (χ0) is 20.9. The number of carbonyl (C=O) groups excluding carboxylic acids is 1. The minimum Gasteiger partial charge on any atom is -0.493 e. The highest BCUT2D eigenvalue weighted by Crippen LogP contribution is 2.33. The Hall–Kier alpha value is -2.97. The van der Waals surface area contributed by atoms with Crippen molar-refractivity contribution in [3.63, 3.8) is 0 Å². The second kappa shape index (κ2) is 9.23. The molecular weight excluding hydrogens is 400 g/mol. The van der Waals surface area contributed by atoms with Crippen LogP contribution in [0.15, 0.2) is 48.1 Å². The van der Waals surface area contributed by atoms with E-state index in [1.54, 1.807) is 14.2 Å². The van der Waals surface area contributed by atoms with Crippen LogP contribution in [0.1, 0.15) is 16.1 Å². The Balaban J connectivity index is 1.39. The summed E-state index contributed by atoms with van der Waals surface area (Å²) in [6, 6.07) is 9.71. The zero-order valence-electron chi connectivity index (χ0n) is 17.1. The summed E-state index contributed by atoms with van der Waals surface area (Å²) >= 11 is 1.46. The van der Waals surface area contributed by atoms with Gasteiger partial charge in [-0.05, 0) is 35.9 Å². The zero-order valence-corrected chi connectivity index (χ0v) is 17.9. The van der Waals surface area contributed by atoms with E-state index in [9.17, 15) is 4.79 Å². The second-order valence-electron chi connectivity index (χ2n) is 7.03. The van der Waals surface area contributed by atoms with Crippen LogP contribution in [0.5, 0.6) is 11.5 Å². The molecule has 1 aromatic carbocycles. The van der Waals surface area contributed by atoms with E-state index in [1.165, 1.54) is 16.9 Å². The number of hydrogen-bond acceptors (Lipinski definition) is 7. The highest BCUT2D eigenvalue weighted by atomic mass is 32.1. The molecule has 0 spiro atoms. The predicted molar refractivity (Wildman–Crippen MR) is 116 cm³/mol. The van der Waals surface area contributed by atoms with E-state index in [1.807, 2.05) is 53.0 Å². The van der Waals surface area contributed by atoms with Crippen LogP contribution in [-0.4, -0.2) is 66.1 Å². The second-order valence-corrected chi connectivity index (χ2v) is 7.89. The molecule has 0 aliphatic carbocycles. The fourth-order valence-electron chi connectivity index (χ4n) is 3.49. The molecule has 1 saturated heterocycles. The summed E-state index contributed by atoms with van der Waals surface area (Å²) in [4.78, 5) is 25.8. The summed E-state index contributed by atoms with van der Waals surface area (Å²) in [7, 11) is 3.21. The van der Waals surface area contributed by atoms with Crippen molar-refractivity contribution in [3.05, 3.63) is 59.4 Å². The Morgan fingerprint density at radius 2 is 1.77 bits per heavy atom. The Kier molecular flexibility index (Phi) is 6.25. The fraction of sp³-hybridized carbons (Fsp3) is 0.318. The molecular formula is C22H24N4O3S. The molecule has 7 nitrogen and oxygen atoms in total. The Bertz CT molecular complexity index is 1000. The number of rotatable bonds is 6. The Morgan fingerprint density at radius 1 is 1.03 bits per heavy atom. The number of nitrogens with zero attached hydrogens (tertiary/aromatic N) is 4. The van der Waals surface area contributed by atoms with Gasteiger partial charge in [0.15, 0.2) is 11.5 Å². The van der Waals surface area contributed by atoms with E-state index in [-0.39, 0.29) is 5.91 Å². The van der Waals surface area contributed by atoms with Gasteiger partial charge in [0.1, 0.15) is 10.7 Å². The minimum absolute atomic E-state index is 0.0125. The number of methoxy groups -OCH3 is 2. The fourth-order valence-corrected chi connectivity index (χ4v) is 4.28. The number of piperazine rings is 1. The van der Waals surface area contributed by atoms with E-state index in [4.69, 9.17) is 9.47 Å². The first kappa shape index (κ1) is 20.3. The normalized spacial score (nSPS) is 14.5. The lowest BCUT2D eigenvalue weighted by Crippen LogP contribution is -2.48. The van der Waals surface area contributed by atoms with Gasteiger partial charge < -0.3 is 14.4 Å². The molecule has 3 heterocycles. The summed E-state index contributed by atoms with van der Waals surface area (Å²) < 4.78 is 10.7. The molecule has 0 atom stereocenters. The number of hydrogen-bond donors (Lipinski definition) is 0. The number of aromatic nitrogens is 2. The molecule has 1 aliphatic heterocycles. The summed E-state index contributed by atoms with van der Waals surface area (Å²) in [6.07, 6.45) is 3.63. The maximum Gasteiger partial charge on any atom is 0.273 e. The summed E-state index contributed by atoms with van der Waals surface area (Å²) in [5.74, 6) is 1.30. The van der Waals surface area contributed by atoms with Crippen LogP contribution in [0.25, 0.3) is 10.6 Å². The van der Waals surface area contributed by atoms with E-state index in [2.05, 4.69) is 14.9 Å². The first-order valence-electron chi connectivity index (χ1n) is 9.76. The van der Waals surface area contributed by atoms with Gasteiger partial charge in [-0.15, -0.1) is 11.3 Å². The van der Waals surface area contributed by atoms with Gasteiger partial charge in [0.05, 0.1) is 14.2 Å². The van der Waals surface area contributed by atoms with Gasteiger partial charge in [0, 0.05) is 56.1 Å². The molecule has 2 aromatic heterocycles. The minimum atomic E-state index is -0.0125. The SMILES string of the molecule is COc1ccc(-c2nc(C(=O)N3CCN(Cc4ccncc4)CC3)cs2)cc1OC. The van der Waals surface area contributed by atoms with Gasteiger partial charge in [-0.2, -0.15) is 0 Å². The summed E-state index contributed by atoms with van der Waals surface area (Å²) in [5.41, 5.74) is 2.63. The monoisotopic (exact) mass is 424 g/mol. The van der Waals surface area contributed by atoms with Gasteiger partial charge in [-0.3, -0.25) is 14.7 Å². The molecule has 3 aromatic rings. The van der Waals surface area contributed by atoms with Crippen LogP contribution in [0.4, 0.5) is 0 Å². The van der Waals surface area contributed by atoms with Crippen molar-refractivity contribution in [1.29, 1.82) is 0 Å². The third-order valence-electron chi connectivity index (χ3n) is 5.17. The van der Waals surface area contributed by atoms with Crippen molar-refractivity contribution in [1.82, 2.24) is 19.8 Å². The van der Waals surface area contributed by atoms with E-state index < -0.39 is 0 Å². The highest BCUT2D eigenvalue weighted by Gasteiger charge is 2.24. The standard InChI is InChI=1S/C22H24N4O3S/c1-28-19-4-3-17(13-20(19)29-2)21-24-18(15-30-21)22(27)26-11-9-25(10-12-26)14-16-5-7-23-8-6-16/h3-8,13,15H,9-12,14H2,1-2H3. The number of pyridine rings is 1. The van der Waals surface area contributed by atoms with Crippen LogP contribution in [0, 0.1) is 0 Å². The number of benzene rings is 1. The lowest BCUT2D eigenvalue weighted by atomic mass is 10.2. The van der Waals surface area contributed by atoms with Crippen LogP contribution >= 0.6 is 11.3 Å². The first-order chi connectivity index (χ1) is 14.7. The molecule has 1 fully saturated rings. The van der Waals surface area contributed by atoms with Crippen LogP contribution in [0.3, 0.4) is 0 Å². The van der Waals surface area contributed by atoms with Crippen LogP contribution < -0.4 is 9.47 Å². The average Bonchev–Trinajstić information content (AvgIpc) is 3.29.